The van der Waals surface area contributed by atoms with Crippen LogP contribution in [0, 0.1) is 0 Å². The van der Waals surface area contributed by atoms with Gasteiger partial charge in [0.05, 0.1) is 0 Å². The maximum Gasteiger partial charge on any atom is 0 e. The molecule has 0 spiro atoms. The third-order valence-corrected chi connectivity index (χ3v) is 0.816. The van der Waals surface area contributed by atoms with Gasteiger partial charge in [-0.2, -0.15) is 0 Å². The fourth-order valence-corrected chi connectivity index (χ4v) is 0. The molecule has 0 aliphatic carbocycles. The average Bonchev–Trinajstić information content (AvgIpc) is 1.38. The molecule has 7 heteroatoms. The molecule has 0 aromatic heterocycles. The van der Waals surface area contributed by atoms with E-state index in [1.54, 1.807) is 0 Å². The number of hydrogen-bond acceptors (Lipinski definition) is 3. The molecule has 0 fully saturated rings. The Bertz CT molecular complexity index is 26.9. The third-order valence-electron chi connectivity index (χ3n) is 0.122. The molecule has 0 amide bonds. The zero-order valence-corrected chi connectivity index (χ0v) is 13.1. The van der Waals surface area contributed by atoms with E-state index in [4.69, 9.17) is 10.0 Å². The molecule has 0 aromatic rings. The molecule has 0 aliphatic heterocycles. The first-order chi connectivity index (χ1) is 2.27. The Morgan fingerprint density at radius 3 is 1.43 bits per heavy atom. The van der Waals surface area contributed by atoms with Gasteiger partial charge in [0, 0.05) is 39.0 Å². The van der Waals surface area contributed by atoms with E-state index < -0.39 is 7.32 Å². The van der Waals surface area contributed by atoms with Crippen LogP contribution in [0.2, 0.25) is 0 Å². The van der Waals surface area contributed by atoms with Crippen LogP contribution in [0.1, 0.15) is 0 Å². The van der Waals surface area contributed by atoms with Crippen molar-refractivity contribution in [1.29, 1.82) is 0 Å². The first kappa shape index (κ1) is 16.0. The minimum Gasteiger partial charge on any atom is 0 e. The molecule has 0 heterocycles. The summed E-state index contributed by atoms with van der Waals surface area (Å²) in [4.78, 5) is 0. The molecule has 3 nitrogen and oxygen atoms in total. The van der Waals surface area contributed by atoms with Gasteiger partial charge in [0.2, 0.25) is 0 Å². The Kier molecular flexibility index (Phi) is 24.9. The van der Waals surface area contributed by atoms with E-state index in [2.05, 4.69) is 2.99 Å². The van der Waals surface area contributed by atoms with Crippen molar-refractivity contribution in [3.05, 3.63) is 0 Å². The molecule has 32 valence electrons. The van der Waals surface area contributed by atoms with Crippen LogP contribution >= 0.6 is 0 Å². The number of hydrogen-bond donors (Lipinski definition) is 2. The summed E-state index contributed by atoms with van der Waals surface area (Å²) >= 11 is 0.426. The van der Waals surface area contributed by atoms with Crippen molar-refractivity contribution in [3.63, 3.8) is 0 Å². The molecule has 2 radical (unpaired) electrons. The Hall–Kier alpha value is 1.99. The van der Waals surface area contributed by atoms with Crippen LogP contribution in [0.3, 0.4) is 0 Å². The van der Waals surface area contributed by atoms with Gasteiger partial charge in [0.15, 0.2) is 0 Å². The van der Waals surface area contributed by atoms with Crippen molar-refractivity contribution in [3.8, 4) is 0 Å². The minimum absolute atomic E-state index is 0. The van der Waals surface area contributed by atoms with Crippen molar-refractivity contribution in [1.82, 2.24) is 0 Å². The molecule has 0 unspecified atom stereocenters. The van der Waals surface area contributed by atoms with Crippen LogP contribution in [-0.4, -0.2) is 40.3 Å². The summed E-state index contributed by atoms with van der Waals surface area (Å²) in [6.07, 6.45) is 0. The van der Waals surface area contributed by atoms with Crippen molar-refractivity contribution in [2.24, 2.45) is 0 Å². The van der Waals surface area contributed by atoms with Crippen LogP contribution < -0.4 is 0 Å². The van der Waals surface area contributed by atoms with E-state index in [1.165, 1.54) is 0 Å². The van der Waals surface area contributed by atoms with Gasteiger partial charge in [-0.3, -0.25) is 0 Å². The predicted molar refractivity (Wildman–Crippen MR) is 18.4 cm³/mol. The first-order valence-corrected chi connectivity index (χ1v) is 2.33. The van der Waals surface area contributed by atoms with E-state index in [-0.39, 0.29) is 39.0 Å². The van der Waals surface area contributed by atoms with Crippen LogP contribution in [0.4, 0.5) is 0 Å². The van der Waals surface area contributed by atoms with E-state index in [1.807, 2.05) is 0 Å². The predicted octanol–water partition coefficient (Wildman–Crippen LogP) is -2.22. The summed E-state index contributed by atoms with van der Waals surface area (Å²) in [6, 6.07) is 0. The molecule has 7 heavy (non-hydrogen) atoms. The first-order valence-electron chi connectivity index (χ1n) is 0.988. The quantitative estimate of drug-likeness (QED) is 0.540. The topological polar surface area (TPSA) is 49.7 Å². The zero-order chi connectivity index (χ0) is 4.28. The van der Waals surface area contributed by atoms with Crippen LogP contribution in [0.25, 0.3) is 0 Å². The molecule has 0 aliphatic rings. The molecule has 0 rings (SSSR count). The molecule has 0 aromatic carbocycles. The van der Waals surface area contributed by atoms with Gasteiger partial charge in [0.25, 0.3) is 0 Å². The second-order valence-electron chi connectivity index (χ2n) is 0.462. The fourth-order valence-electron chi connectivity index (χ4n) is 0. The maximum absolute atomic E-state index is 7.73. The molecule has 0 saturated carbocycles. The van der Waals surface area contributed by atoms with Gasteiger partial charge >= 0.3 is 43.3 Å². The van der Waals surface area contributed by atoms with Crippen molar-refractivity contribution >= 4 is 30.3 Å². The van der Waals surface area contributed by atoms with E-state index in [9.17, 15) is 0 Å². The molecular formula is H3BO3SnZn2. The second-order valence-corrected chi connectivity index (χ2v) is 1.24. The summed E-state index contributed by atoms with van der Waals surface area (Å²) in [5.74, 6) is 0. The minimum atomic E-state index is -1.56. The smallest absolute Gasteiger partial charge is 0 e. The second kappa shape index (κ2) is 10.9. The van der Waals surface area contributed by atoms with Crippen molar-refractivity contribution in [2.75, 3.05) is 0 Å². The average molecular weight is 311 g/mol. The summed E-state index contributed by atoms with van der Waals surface area (Å²) in [5.41, 5.74) is 0. The standard InChI is InChI=1S/BH2O3.Sn.2Zn.H/c2-1(3)4;;;;/h2-3H;;;;/q-1;+1;;;. The van der Waals surface area contributed by atoms with E-state index in [0.717, 1.165) is 0 Å². The van der Waals surface area contributed by atoms with Crippen LogP contribution in [0.15, 0.2) is 0 Å². The Labute approximate surface area is 81.5 Å². The van der Waals surface area contributed by atoms with Crippen LogP contribution in [0.5, 0.6) is 0 Å². The van der Waals surface area contributed by atoms with Crippen molar-refractivity contribution in [2.45, 2.75) is 0 Å². The summed E-state index contributed by atoms with van der Waals surface area (Å²) in [7, 11) is -1.56. The SMILES string of the molecule is OB(O)[O][SnH].[Zn].[Zn]. The van der Waals surface area contributed by atoms with Crippen molar-refractivity contribution < 1.29 is 52.0 Å². The van der Waals surface area contributed by atoms with Gasteiger partial charge in [0.1, 0.15) is 0 Å². The van der Waals surface area contributed by atoms with Gasteiger partial charge < -0.3 is 0 Å². The molecule has 2 N–H and O–H groups in total. The molecule has 0 saturated heterocycles. The number of rotatable bonds is 1. The maximum atomic E-state index is 7.73. The summed E-state index contributed by atoms with van der Waals surface area (Å²) < 4.78 is 3.99. The normalized spacial score (nSPS) is 5.57. The molecular weight excluding hydrogens is 308 g/mol. The monoisotopic (exact) mass is 310 g/mol. The van der Waals surface area contributed by atoms with Gasteiger partial charge in [-0.1, -0.05) is 0 Å². The molecule has 0 atom stereocenters. The van der Waals surface area contributed by atoms with Gasteiger partial charge in [-0.25, -0.2) is 0 Å². The van der Waals surface area contributed by atoms with E-state index >= 15 is 0 Å². The van der Waals surface area contributed by atoms with Crippen LogP contribution in [-0.2, 0) is 41.9 Å². The largest absolute Gasteiger partial charge is 0 e. The Morgan fingerprint density at radius 1 is 1.29 bits per heavy atom. The Morgan fingerprint density at radius 2 is 1.43 bits per heavy atom. The van der Waals surface area contributed by atoms with Gasteiger partial charge in [-0.05, 0) is 0 Å². The molecule has 0 bridgehead atoms. The zero-order valence-electron chi connectivity index (χ0n) is 3.87. The summed E-state index contributed by atoms with van der Waals surface area (Å²) in [6.45, 7) is 0. The van der Waals surface area contributed by atoms with E-state index in [0.29, 0.717) is 22.9 Å². The van der Waals surface area contributed by atoms with Gasteiger partial charge in [-0.15, -0.1) is 0 Å². The fraction of sp³-hybridized carbons (Fsp3) is 0. The summed E-state index contributed by atoms with van der Waals surface area (Å²) in [5, 5.41) is 15.5. The Balaban J connectivity index is -0.0000000800. The third kappa shape index (κ3) is 18.0.